The molecule has 0 fully saturated rings. The number of ether oxygens (including phenoxy) is 2. The van der Waals surface area contributed by atoms with Crippen molar-refractivity contribution in [2.24, 2.45) is 0 Å². The van der Waals surface area contributed by atoms with Crippen molar-refractivity contribution >= 4 is 49.3 Å². The summed E-state index contributed by atoms with van der Waals surface area (Å²) >= 11 is 1.34. The van der Waals surface area contributed by atoms with Gasteiger partial charge < -0.3 is 19.0 Å². The standard InChI is InChI=1S/C33H30N2O6S/c1-5-6-13-40-22-11-7-9-20(16-22)28-26(29(36)24-17-21-10-8-12-23(39-4)31(21)41-24)30(37)32(38)35(28)33-34-27-19(3)14-18(2)15-25(27)42-33/h7-12,14-17,28,37H,5-6,13H2,1-4H3. The third-order valence-electron chi connectivity index (χ3n) is 7.37. The number of rotatable bonds is 9. The molecule has 8 nitrogen and oxygen atoms in total. The van der Waals surface area contributed by atoms with Crippen molar-refractivity contribution in [3.05, 3.63) is 94.4 Å². The zero-order valence-corrected chi connectivity index (χ0v) is 24.6. The molecule has 1 atom stereocenters. The van der Waals surface area contributed by atoms with Crippen molar-refractivity contribution in [3.8, 4) is 11.5 Å². The highest BCUT2D eigenvalue weighted by atomic mass is 32.1. The second-order valence-electron chi connectivity index (χ2n) is 10.4. The molecule has 2 aromatic heterocycles. The zero-order chi connectivity index (χ0) is 29.5. The molecule has 1 amide bonds. The molecule has 5 aromatic rings. The van der Waals surface area contributed by atoms with Crippen LogP contribution in [-0.4, -0.2) is 35.5 Å². The highest BCUT2D eigenvalue weighted by Gasteiger charge is 2.46. The average Bonchev–Trinajstić information content (AvgIpc) is 3.67. The van der Waals surface area contributed by atoms with Crippen LogP contribution in [-0.2, 0) is 4.79 Å². The van der Waals surface area contributed by atoms with Crippen LogP contribution in [0.25, 0.3) is 21.2 Å². The number of methoxy groups -OCH3 is 1. The molecule has 0 aliphatic carbocycles. The lowest BCUT2D eigenvalue weighted by molar-refractivity contribution is -0.117. The second kappa shape index (κ2) is 11.0. The number of amides is 1. The van der Waals surface area contributed by atoms with Crippen LogP contribution in [0.5, 0.6) is 11.5 Å². The highest BCUT2D eigenvalue weighted by Crippen LogP contribution is 2.45. The quantitative estimate of drug-likeness (QED) is 0.141. The van der Waals surface area contributed by atoms with Crippen LogP contribution in [0.1, 0.15) is 53.1 Å². The van der Waals surface area contributed by atoms with Crippen LogP contribution >= 0.6 is 11.3 Å². The van der Waals surface area contributed by atoms with Gasteiger partial charge in [0.2, 0.25) is 5.78 Å². The number of anilines is 1. The van der Waals surface area contributed by atoms with Crippen LogP contribution in [0.2, 0.25) is 0 Å². The Balaban J connectivity index is 1.49. The molecular formula is C33H30N2O6S. The first-order valence-electron chi connectivity index (χ1n) is 13.8. The molecule has 0 saturated heterocycles. The van der Waals surface area contributed by atoms with E-state index in [0.717, 1.165) is 34.2 Å². The van der Waals surface area contributed by atoms with Crippen molar-refractivity contribution in [2.45, 2.75) is 39.7 Å². The van der Waals surface area contributed by atoms with Crippen molar-refractivity contribution in [3.63, 3.8) is 0 Å². The lowest BCUT2D eigenvalue weighted by Gasteiger charge is -2.24. The number of hydrogen-bond acceptors (Lipinski definition) is 8. The molecule has 6 rings (SSSR count). The number of aromatic nitrogens is 1. The maximum absolute atomic E-state index is 14.1. The van der Waals surface area contributed by atoms with Gasteiger partial charge in [0.25, 0.3) is 5.91 Å². The lowest BCUT2D eigenvalue weighted by Crippen LogP contribution is -2.31. The first-order chi connectivity index (χ1) is 20.3. The monoisotopic (exact) mass is 582 g/mol. The fourth-order valence-electron chi connectivity index (χ4n) is 5.36. The Morgan fingerprint density at radius 1 is 1.12 bits per heavy atom. The number of thiazole rings is 1. The largest absolute Gasteiger partial charge is 0.503 e. The van der Waals surface area contributed by atoms with Crippen molar-refractivity contribution < 1.29 is 28.6 Å². The number of hydrogen-bond donors (Lipinski definition) is 1. The topological polar surface area (TPSA) is 102 Å². The second-order valence-corrected chi connectivity index (χ2v) is 11.4. The summed E-state index contributed by atoms with van der Waals surface area (Å²) in [6, 6.07) is 17.3. The third-order valence-corrected chi connectivity index (χ3v) is 8.37. The van der Waals surface area contributed by atoms with Crippen molar-refractivity contribution in [2.75, 3.05) is 18.6 Å². The number of furan rings is 1. The molecule has 3 heterocycles. The Labute approximate surface area is 246 Å². The maximum atomic E-state index is 14.1. The van der Waals surface area contributed by atoms with Gasteiger partial charge in [-0.1, -0.05) is 55.0 Å². The highest BCUT2D eigenvalue weighted by molar-refractivity contribution is 7.22. The molecule has 1 aliphatic rings. The predicted molar refractivity (Wildman–Crippen MR) is 163 cm³/mol. The normalized spacial score (nSPS) is 15.3. The van der Waals surface area contributed by atoms with Crippen LogP contribution in [0.4, 0.5) is 5.13 Å². The minimum absolute atomic E-state index is 0.0122. The SMILES string of the molecule is CCCCOc1cccc(C2C(C(=O)c3cc4cccc(OC)c4o3)=C(O)C(=O)N2c2nc3c(C)cc(C)cc3s2)c1. The molecule has 1 unspecified atom stereocenters. The van der Waals surface area contributed by atoms with E-state index in [2.05, 4.69) is 6.92 Å². The Morgan fingerprint density at radius 3 is 2.71 bits per heavy atom. The van der Waals surface area contributed by atoms with E-state index in [1.54, 1.807) is 30.3 Å². The summed E-state index contributed by atoms with van der Waals surface area (Å²) in [7, 11) is 1.52. The molecule has 3 aromatic carbocycles. The van der Waals surface area contributed by atoms with E-state index in [0.29, 0.717) is 39.8 Å². The smallest absolute Gasteiger partial charge is 0.296 e. The number of benzene rings is 3. The first-order valence-corrected chi connectivity index (χ1v) is 14.6. The number of aliphatic hydroxyl groups excluding tert-OH is 1. The number of nitrogens with zero attached hydrogens (tertiary/aromatic N) is 2. The zero-order valence-electron chi connectivity index (χ0n) is 23.8. The van der Waals surface area contributed by atoms with E-state index in [-0.39, 0.29) is 11.3 Å². The van der Waals surface area contributed by atoms with E-state index in [1.165, 1.54) is 23.3 Å². The fraction of sp³-hybridized carbons (Fsp3) is 0.242. The van der Waals surface area contributed by atoms with E-state index >= 15 is 0 Å². The van der Waals surface area contributed by atoms with Gasteiger partial charge in [0.1, 0.15) is 5.75 Å². The van der Waals surface area contributed by atoms with Crippen LogP contribution in [0, 0.1) is 13.8 Å². The number of unbranched alkanes of at least 4 members (excludes halogenated alkanes) is 1. The van der Waals surface area contributed by atoms with Crippen LogP contribution in [0.3, 0.4) is 0 Å². The summed E-state index contributed by atoms with van der Waals surface area (Å²) in [5, 5.41) is 12.3. The van der Waals surface area contributed by atoms with Crippen molar-refractivity contribution in [1.29, 1.82) is 0 Å². The Kier molecular flexibility index (Phi) is 7.20. The van der Waals surface area contributed by atoms with Gasteiger partial charge in [-0.25, -0.2) is 4.98 Å². The van der Waals surface area contributed by atoms with E-state index in [1.807, 2.05) is 44.2 Å². The summed E-state index contributed by atoms with van der Waals surface area (Å²) in [5.74, 6) is -0.873. The molecular weight excluding hydrogens is 552 g/mol. The van der Waals surface area contributed by atoms with E-state index < -0.39 is 23.5 Å². The van der Waals surface area contributed by atoms with E-state index in [4.69, 9.17) is 18.9 Å². The number of aliphatic hydroxyl groups is 1. The van der Waals surface area contributed by atoms with Gasteiger partial charge in [0, 0.05) is 5.39 Å². The number of carbonyl (C=O) groups is 2. The minimum atomic E-state index is -0.961. The number of carbonyl (C=O) groups excluding carboxylic acids is 2. The van der Waals surface area contributed by atoms with Crippen molar-refractivity contribution in [1.82, 2.24) is 4.98 Å². The lowest BCUT2D eigenvalue weighted by atomic mass is 9.95. The van der Waals surface area contributed by atoms with Gasteiger partial charge in [-0.15, -0.1) is 0 Å². The molecule has 0 saturated carbocycles. The molecule has 0 bridgehead atoms. The molecule has 214 valence electrons. The van der Waals surface area contributed by atoms with Gasteiger partial charge in [-0.3, -0.25) is 14.5 Å². The van der Waals surface area contributed by atoms with Gasteiger partial charge in [0.05, 0.1) is 35.5 Å². The van der Waals surface area contributed by atoms with Crippen LogP contribution in [0.15, 0.2) is 76.4 Å². The van der Waals surface area contributed by atoms with Gasteiger partial charge >= 0.3 is 0 Å². The molecule has 9 heteroatoms. The predicted octanol–water partition coefficient (Wildman–Crippen LogP) is 7.63. The Morgan fingerprint density at radius 2 is 1.93 bits per heavy atom. The molecule has 0 radical (unpaired) electrons. The average molecular weight is 583 g/mol. The maximum Gasteiger partial charge on any atom is 0.296 e. The van der Waals surface area contributed by atoms with Gasteiger partial charge in [-0.05, 0) is 67.3 Å². The number of aryl methyl sites for hydroxylation is 2. The van der Waals surface area contributed by atoms with Gasteiger partial charge in [-0.2, -0.15) is 0 Å². The summed E-state index contributed by atoms with van der Waals surface area (Å²) in [4.78, 5) is 34.1. The molecule has 1 aliphatic heterocycles. The molecule has 42 heavy (non-hydrogen) atoms. The van der Waals surface area contributed by atoms with Crippen LogP contribution < -0.4 is 14.4 Å². The first kappa shape index (κ1) is 27.5. The summed E-state index contributed by atoms with van der Waals surface area (Å²) in [6.07, 6.45) is 1.88. The summed E-state index contributed by atoms with van der Waals surface area (Å²) in [5.41, 5.74) is 3.75. The molecule has 1 N–H and O–H groups in total. The third kappa shape index (κ3) is 4.69. The summed E-state index contributed by atoms with van der Waals surface area (Å²) in [6.45, 7) is 6.60. The summed E-state index contributed by atoms with van der Waals surface area (Å²) < 4.78 is 18.2. The number of ketones is 1. The minimum Gasteiger partial charge on any atom is -0.503 e. The molecule has 0 spiro atoms. The number of para-hydroxylation sites is 1. The number of Topliss-reactive ketones (excluding diaryl/α,β-unsaturated/α-hetero) is 1. The number of fused-ring (bicyclic) bond motifs is 2. The Bertz CT molecular complexity index is 1880. The van der Waals surface area contributed by atoms with E-state index in [9.17, 15) is 14.7 Å². The van der Waals surface area contributed by atoms with Gasteiger partial charge in [0.15, 0.2) is 28.0 Å². The Hall–Kier alpha value is -4.63. The fourth-order valence-corrected chi connectivity index (χ4v) is 6.53.